The quantitative estimate of drug-likeness (QED) is 0.826. The van der Waals surface area contributed by atoms with Crippen LogP contribution in [0.5, 0.6) is 0 Å². The minimum atomic E-state index is 0.0285. The Morgan fingerprint density at radius 1 is 1.26 bits per heavy atom. The maximum Gasteiger partial charge on any atom is 0.0764 e. The van der Waals surface area contributed by atoms with E-state index in [4.69, 9.17) is 0 Å². The summed E-state index contributed by atoms with van der Waals surface area (Å²) in [6.07, 6.45) is 4.42. The van der Waals surface area contributed by atoms with E-state index < -0.39 is 0 Å². The molecule has 0 aromatic carbocycles. The van der Waals surface area contributed by atoms with E-state index in [9.17, 15) is 0 Å². The second kappa shape index (κ2) is 5.57. The van der Waals surface area contributed by atoms with Gasteiger partial charge in [0.1, 0.15) is 0 Å². The van der Waals surface area contributed by atoms with E-state index in [0.29, 0.717) is 5.92 Å². The second-order valence-corrected chi connectivity index (χ2v) is 5.87. The van der Waals surface area contributed by atoms with Gasteiger partial charge >= 0.3 is 0 Å². The summed E-state index contributed by atoms with van der Waals surface area (Å²) in [5.74, 6) is 0.673. The third kappa shape index (κ3) is 2.53. The number of likely N-dealkylation sites (tertiary alicyclic amines) is 1. The molecule has 19 heavy (non-hydrogen) atoms. The van der Waals surface area contributed by atoms with Crippen LogP contribution in [0, 0.1) is 5.92 Å². The van der Waals surface area contributed by atoms with E-state index >= 15 is 0 Å². The van der Waals surface area contributed by atoms with Gasteiger partial charge in [0, 0.05) is 25.8 Å². The Labute approximate surface area is 115 Å². The average Bonchev–Trinajstić information content (AvgIpc) is 2.49. The van der Waals surface area contributed by atoms with Gasteiger partial charge in [0.2, 0.25) is 0 Å². The van der Waals surface area contributed by atoms with Crippen LogP contribution in [0.1, 0.15) is 18.5 Å². The molecule has 0 radical (unpaired) electrons. The van der Waals surface area contributed by atoms with Gasteiger partial charge in [-0.1, -0.05) is 6.07 Å². The monoisotopic (exact) mass is 260 g/mol. The molecule has 1 aromatic rings. The lowest BCUT2D eigenvalue weighted by atomic mass is 9.74. The lowest BCUT2D eigenvalue weighted by Gasteiger charge is -2.47. The highest BCUT2D eigenvalue weighted by Crippen LogP contribution is 2.35. The van der Waals surface area contributed by atoms with Crippen molar-refractivity contribution in [3.63, 3.8) is 0 Å². The van der Waals surface area contributed by atoms with Crippen molar-refractivity contribution in [2.24, 2.45) is 5.92 Å². The third-order valence-electron chi connectivity index (χ3n) is 4.68. The predicted molar refractivity (Wildman–Crippen MR) is 77.0 cm³/mol. The van der Waals surface area contributed by atoms with Crippen LogP contribution in [0.25, 0.3) is 0 Å². The van der Waals surface area contributed by atoms with Crippen molar-refractivity contribution in [3.05, 3.63) is 30.1 Å². The molecule has 2 aliphatic heterocycles. The Kier molecular flexibility index (Phi) is 3.82. The summed E-state index contributed by atoms with van der Waals surface area (Å²) in [7, 11) is 2.22. The van der Waals surface area contributed by atoms with Crippen molar-refractivity contribution in [2.45, 2.75) is 18.4 Å². The number of aromatic nitrogens is 1. The molecule has 4 nitrogen and oxygen atoms in total. The van der Waals surface area contributed by atoms with E-state index in [1.807, 2.05) is 12.3 Å². The number of hydrogen-bond donors (Lipinski definition) is 2. The van der Waals surface area contributed by atoms with Gasteiger partial charge in [0.25, 0.3) is 0 Å². The Hall–Kier alpha value is -0.970. The predicted octanol–water partition coefficient (Wildman–Crippen LogP) is 0.811. The molecule has 4 heteroatoms. The number of piperidine rings is 1. The van der Waals surface area contributed by atoms with Crippen LogP contribution in [0.15, 0.2) is 24.4 Å². The molecule has 104 valence electrons. The Morgan fingerprint density at radius 2 is 2.11 bits per heavy atom. The first-order valence-corrected chi connectivity index (χ1v) is 7.37. The third-order valence-corrected chi connectivity index (χ3v) is 4.68. The SMILES string of the molecule is CN1CCC(C2(c3ccccn3)CNCCN2)CC1. The molecular formula is C15H24N4. The van der Waals surface area contributed by atoms with Crippen LogP contribution in [0.2, 0.25) is 0 Å². The zero-order chi connectivity index (χ0) is 13.1. The maximum atomic E-state index is 4.65. The fourth-order valence-electron chi connectivity index (χ4n) is 3.53. The first kappa shape index (κ1) is 13.0. The van der Waals surface area contributed by atoms with Crippen molar-refractivity contribution in [2.75, 3.05) is 39.8 Å². The highest BCUT2D eigenvalue weighted by molar-refractivity contribution is 5.20. The number of nitrogens with zero attached hydrogens (tertiary/aromatic N) is 2. The van der Waals surface area contributed by atoms with Crippen LogP contribution in [-0.2, 0) is 5.54 Å². The van der Waals surface area contributed by atoms with Crippen molar-refractivity contribution >= 4 is 0 Å². The van der Waals surface area contributed by atoms with Crippen LogP contribution < -0.4 is 10.6 Å². The molecule has 2 saturated heterocycles. The number of hydrogen-bond acceptors (Lipinski definition) is 4. The molecule has 1 aromatic heterocycles. The first-order valence-electron chi connectivity index (χ1n) is 7.37. The number of rotatable bonds is 2. The van der Waals surface area contributed by atoms with Crippen molar-refractivity contribution in [3.8, 4) is 0 Å². The summed E-state index contributed by atoms with van der Waals surface area (Å²) in [6, 6.07) is 6.29. The van der Waals surface area contributed by atoms with Crippen LogP contribution in [-0.4, -0.2) is 49.7 Å². The van der Waals surface area contributed by atoms with Crippen LogP contribution in [0.3, 0.4) is 0 Å². The molecule has 0 saturated carbocycles. The molecule has 0 spiro atoms. The standard InChI is InChI=1S/C15H24N4/c1-19-10-5-13(6-11-19)15(12-16-8-9-18-15)14-4-2-3-7-17-14/h2-4,7,13,16,18H,5-6,8-12H2,1H3. The number of pyridine rings is 1. The summed E-state index contributed by atoms with van der Waals surface area (Å²) < 4.78 is 0. The van der Waals surface area contributed by atoms with Crippen molar-refractivity contribution < 1.29 is 0 Å². The largest absolute Gasteiger partial charge is 0.313 e. The normalized spacial score (nSPS) is 30.4. The molecule has 3 rings (SSSR count). The zero-order valence-corrected chi connectivity index (χ0v) is 11.7. The highest BCUT2D eigenvalue weighted by Gasteiger charge is 2.43. The topological polar surface area (TPSA) is 40.2 Å². The molecule has 0 amide bonds. The Morgan fingerprint density at radius 3 is 2.74 bits per heavy atom. The van der Waals surface area contributed by atoms with Gasteiger partial charge < -0.3 is 15.5 Å². The van der Waals surface area contributed by atoms with Gasteiger partial charge in [0.05, 0.1) is 11.2 Å². The minimum Gasteiger partial charge on any atom is -0.313 e. The molecule has 0 aliphatic carbocycles. The van der Waals surface area contributed by atoms with Crippen molar-refractivity contribution in [1.82, 2.24) is 20.5 Å². The van der Waals surface area contributed by atoms with E-state index in [0.717, 1.165) is 19.6 Å². The molecule has 2 fully saturated rings. The summed E-state index contributed by atoms with van der Waals surface area (Å²) in [6.45, 7) is 5.48. The molecular weight excluding hydrogens is 236 g/mol. The Balaban J connectivity index is 1.88. The maximum absolute atomic E-state index is 4.65. The molecule has 1 unspecified atom stereocenters. The summed E-state index contributed by atoms with van der Waals surface area (Å²) >= 11 is 0. The van der Waals surface area contributed by atoms with E-state index in [1.165, 1.54) is 31.6 Å². The van der Waals surface area contributed by atoms with Gasteiger partial charge in [0.15, 0.2) is 0 Å². The molecule has 2 N–H and O–H groups in total. The lowest BCUT2D eigenvalue weighted by molar-refractivity contribution is 0.101. The summed E-state index contributed by atoms with van der Waals surface area (Å²) in [5.41, 5.74) is 1.23. The van der Waals surface area contributed by atoms with E-state index in [2.05, 4.69) is 39.7 Å². The summed E-state index contributed by atoms with van der Waals surface area (Å²) in [4.78, 5) is 7.08. The second-order valence-electron chi connectivity index (χ2n) is 5.87. The van der Waals surface area contributed by atoms with Crippen LogP contribution in [0.4, 0.5) is 0 Å². The summed E-state index contributed by atoms with van der Waals surface area (Å²) in [5, 5.41) is 7.36. The van der Waals surface area contributed by atoms with E-state index in [-0.39, 0.29) is 5.54 Å². The van der Waals surface area contributed by atoms with Crippen LogP contribution >= 0.6 is 0 Å². The van der Waals surface area contributed by atoms with Gasteiger partial charge in [-0.25, -0.2) is 0 Å². The first-order chi connectivity index (χ1) is 9.31. The number of nitrogens with one attached hydrogen (secondary N) is 2. The number of piperazine rings is 1. The molecule has 0 bridgehead atoms. The van der Waals surface area contributed by atoms with Crippen molar-refractivity contribution in [1.29, 1.82) is 0 Å². The fourth-order valence-corrected chi connectivity index (χ4v) is 3.53. The van der Waals surface area contributed by atoms with Gasteiger partial charge in [-0.15, -0.1) is 0 Å². The fraction of sp³-hybridized carbons (Fsp3) is 0.667. The molecule has 1 atom stereocenters. The average molecular weight is 260 g/mol. The van der Waals surface area contributed by atoms with Gasteiger partial charge in [-0.05, 0) is 51.0 Å². The minimum absolute atomic E-state index is 0.0285. The molecule has 2 aliphatic rings. The zero-order valence-electron chi connectivity index (χ0n) is 11.7. The smallest absolute Gasteiger partial charge is 0.0764 e. The van der Waals surface area contributed by atoms with Gasteiger partial charge in [-0.3, -0.25) is 4.98 Å². The highest BCUT2D eigenvalue weighted by atomic mass is 15.1. The lowest BCUT2D eigenvalue weighted by Crippen LogP contribution is -2.62. The molecule has 3 heterocycles. The van der Waals surface area contributed by atoms with Gasteiger partial charge in [-0.2, -0.15) is 0 Å². The van der Waals surface area contributed by atoms with E-state index in [1.54, 1.807) is 0 Å². The Bertz CT molecular complexity index is 392.